The molecule has 0 amide bonds. The molecule has 0 aliphatic carbocycles. The van der Waals surface area contributed by atoms with E-state index in [1.807, 2.05) is 10.7 Å². The first-order valence-corrected chi connectivity index (χ1v) is 7.51. The Morgan fingerprint density at radius 3 is 2.91 bits per heavy atom. The van der Waals surface area contributed by atoms with Gasteiger partial charge in [-0.2, -0.15) is 5.10 Å². The van der Waals surface area contributed by atoms with E-state index in [-0.39, 0.29) is 6.79 Å². The molecular formula is C16H19ClN2O3. The maximum absolute atomic E-state index is 11.3. The molecule has 0 unspecified atom stereocenters. The van der Waals surface area contributed by atoms with Gasteiger partial charge in [0.25, 0.3) is 0 Å². The fraction of sp³-hybridized carbons (Fsp3) is 0.375. The number of methoxy groups -OCH3 is 1. The van der Waals surface area contributed by atoms with Crippen LogP contribution in [0.1, 0.15) is 30.1 Å². The standard InChI is InChI=1S/C16H19ClN2O3/c1-3-4-7-19-16(12(10-20)9-18-19)14-6-5-13(17)8-15(14)22-11-21-2/h5-6,8-10H,3-4,7,11H2,1-2H3. The average Bonchev–Trinajstić information content (AvgIpc) is 2.93. The summed E-state index contributed by atoms with van der Waals surface area (Å²) in [4.78, 5) is 11.3. The highest BCUT2D eigenvalue weighted by Gasteiger charge is 2.17. The molecule has 2 rings (SSSR count). The number of carbonyl (C=O) groups excluding carboxylic acids is 1. The van der Waals surface area contributed by atoms with Crippen LogP contribution >= 0.6 is 11.6 Å². The van der Waals surface area contributed by atoms with E-state index in [1.54, 1.807) is 25.4 Å². The van der Waals surface area contributed by atoms with Gasteiger partial charge >= 0.3 is 0 Å². The fourth-order valence-electron chi connectivity index (χ4n) is 2.19. The molecule has 6 heteroatoms. The van der Waals surface area contributed by atoms with Crippen LogP contribution in [0.5, 0.6) is 5.75 Å². The third-order valence-corrected chi connectivity index (χ3v) is 3.48. The van der Waals surface area contributed by atoms with Gasteiger partial charge in [0.1, 0.15) is 5.75 Å². The molecule has 5 nitrogen and oxygen atoms in total. The molecule has 0 radical (unpaired) electrons. The van der Waals surface area contributed by atoms with Gasteiger partial charge in [0.2, 0.25) is 0 Å². The van der Waals surface area contributed by atoms with Gasteiger partial charge < -0.3 is 9.47 Å². The van der Waals surface area contributed by atoms with Gasteiger partial charge in [-0.1, -0.05) is 24.9 Å². The molecule has 0 spiro atoms. The second-order valence-corrected chi connectivity index (χ2v) is 5.27. The molecular weight excluding hydrogens is 304 g/mol. The summed E-state index contributed by atoms with van der Waals surface area (Å²) < 4.78 is 12.4. The van der Waals surface area contributed by atoms with Crippen molar-refractivity contribution in [1.29, 1.82) is 0 Å². The molecule has 118 valence electrons. The summed E-state index contributed by atoms with van der Waals surface area (Å²) >= 11 is 6.04. The number of nitrogens with zero attached hydrogens (tertiary/aromatic N) is 2. The highest BCUT2D eigenvalue weighted by molar-refractivity contribution is 6.30. The number of hydrogen-bond donors (Lipinski definition) is 0. The maximum Gasteiger partial charge on any atom is 0.188 e. The quantitative estimate of drug-likeness (QED) is 0.548. The fourth-order valence-corrected chi connectivity index (χ4v) is 2.35. The van der Waals surface area contributed by atoms with Crippen LogP contribution in [0.15, 0.2) is 24.4 Å². The predicted octanol–water partition coefficient (Wildman–Crippen LogP) is 3.80. The molecule has 0 saturated heterocycles. The smallest absolute Gasteiger partial charge is 0.188 e. The maximum atomic E-state index is 11.3. The highest BCUT2D eigenvalue weighted by atomic mass is 35.5. The number of halogens is 1. The van der Waals surface area contributed by atoms with Gasteiger partial charge in [0.05, 0.1) is 17.5 Å². The Labute approximate surface area is 134 Å². The van der Waals surface area contributed by atoms with Gasteiger partial charge in [-0.15, -0.1) is 0 Å². The molecule has 0 N–H and O–H groups in total. The van der Waals surface area contributed by atoms with E-state index < -0.39 is 0 Å². The summed E-state index contributed by atoms with van der Waals surface area (Å²) in [6.45, 7) is 2.96. The first-order chi connectivity index (χ1) is 10.7. The third kappa shape index (κ3) is 3.67. The molecule has 0 atom stereocenters. The Kier molecular flexibility index (Phi) is 5.98. The lowest BCUT2D eigenvalue weighted by Gasteiger charge is -2.14. The summed E-state index contributed by atoms with van der Waals surface area (Å²) in [5.74, 6) is 0.565. The van der Waals surface area contributed by atoms with E-state index >= 15 is 0 Å². The van der Waals surface area contributed by atoms with Crippen molar-refractivity contribution in [2.45, 2.75) is 26.3 Å². The topological polar surface area (TPSA) is 53.4 Å². The van der Waals surface area contributed by atoms with Crippen molar-refractivity contribution < 1.29 is 14.3 Å². The van der Waals surface area contributed by atoms with Crippen molar-refractivity contribution in [2.24, 2.45) is 0 Å². The molecule has 1 aromatic carbocycles. The van der Waals surface area contributed by atoms with Crippen molar-refractivity contribution in [3.63, 3.8) is 0 Å². The van der Waals surface area contributed by atoms with Crippen molar-refractivity contribution in [3.05, 3.63) is 35.0 Å². The van der Waals surface area contributed by atoms with Crippen LogP contribution in [-0.4, -0.2) is 30.0 Å². The zero-order valence-electron chi connectivity index (χ0n) is 12.7. The van der Waals surface area contributed by atoms with Crippen molar-refractivity contribution in [2.75, 3.05) is 13.9 Å². The molecule has 1 heterocycles. The minimum absolute atomic E-state index is 0.104. The number of hydrogen-bond acceptors (Lipinski definition) is 4. The minimum Gasteiger partial charge on any atom is -0.467 e. The summed E-state index contributed by atoms with van der Waals surface area (Å²) in [5.41, 5.74) is 2.05. The van der Waals surface area contributed by atoms with E-state index in [2.05, 4.69) is 12.0 Å². The second-order valence-electron chi connectivity index (χ2n) is 4.83. The SMILES string of the molecule is CCCCn1ncc(C=O)c1-c1ccc(Cl)cc1OCOC. The van der Waals surface area contributed by atoms with Gasteiger partial charge in [0.15, 0.2) is 13.1 Å². The van der Waals surface area contributed by atoms with E-state index in [1.165, 1.54) is 0 Å². The average molecular weight is 323 g/mol. The second kappa shape index (κ2) is 7.96. The largest absolute Gasteiger partial charge is 0.467 e. The number of aryl methyl sites for hydroxylation is 1. The molecule has 0 aliphatic heterocycles. The predicted molar refractivity (Wildman–Crippen MR) is 85.5 cm³/mol. The molecule has 0 aliphatic rings. The van der Waals surface area contributed by atoms with Crippen molar-refractivity contribution in [1.82, 2.24) is 9.78 Å². The number of carbonyl (C=O) groups is 1. The van der Waals surface area contributed by atoms with Crippen LogP contribution in [0.3, 0.4) is 0 Å². The first kappa shape index (κ1) is 16.5. The van der Waals surface area contributed by atoms with Crippen LogP contribution in [0.25, 0.3) is 11.3 Å². The number of aromatic nitrogens is 2. The van der Waals surface area contributed by atoms with Crippen LogP contribution in [-0.2, 0) is 11.3 Å². The Bertz CT molecular complexity index is 640. The molecule has 1 aromatic heterocycles. The Morgan fingerprint density at radius 2 is 2.23 bits per heavy atom. The normalized spacial score (nSPS) is 10.7. The zero-order valence-corrected chi connectivity index (χ0v) is 13.5. The molecule has 2 aromatic rings. The van der Waals surface area contributed by atoms with Crippen LogP contribution in [0, 0.1) is 0 Å². The Morgan fingerprint density at radius 1 is 1.41 bits per heavy atom. The summed E-state index contributed by atoms with van der Waals surface area (Å²) in [7, 11) is 1.55. The molecule has 22 heavy (non-hydrogen) atoms. The minimum atomic E-state index is 0.104. The van der Waals surface area contributed by atoms with E-state index in [9.17, 15) is 4.79 Å². The molecule has 0 bridgehead atoms. The monoisotopic (exact) mass is 322 g/mol. The molecule has 0 fully saturated rings. The lowest BCUT2D eigenvalue weighted by Crippen LogP contribution is -2.05. The van der Waals surface area contributed by atoms with Gasteiger partial charge in [-0.05, 0) is 24.6 Å². The summed E-state index contributed by atoms with van der Waals surface area (Å²) in [5, 5.41) is 4.87. The van der Waals surface area contributed by atoms with Gasteiger partial charge in [-0.3, -0.25) is 9.48 Å². The number of unbranched alkanes of at least 4 members (excludes halogenated alkanes) is 1. The Hall–Kier alpha value is -1.85. The van der Waals surface area contributed by atoms with Crippen molar-refractivity contribution in [3.8, 4) is 17.0 Å². The van der Waals surface area contributed by atoms with Gasteiger partial charge in [-0.25, -0.2) is 0 Å². The lowest BCUT2D eigenvalue weighted by atomic mass is 10.1. The van der Waals surface area contributed by atoms with E-state index in [4.69, 9.17) is 21.1 Å². The van der Waals surface area contributed by atoms with Crippen LogP contribution < -0.4 is 4.74 Å². The van der Waals surface area contributed by atoms with Crippen LogP contribution in [0.4, 0.5) is 0 Å². The van der Waals surface area contributed by atoms with E-state index in [0.717, 1.165) is 36.9 Å². The first-order valence-electron chi connectivity index (χ1n) is 7.13. The Balaban J connectivity index is 2.49. The summed E-state index contributed by atoms with van der Waals surface area (Å²) in [6, 6.07) is 5.31. The third-order valence-electron chi connectivity index (χ3n) is 3.25. The highest BCUT2D eigenvalue weighted by Crippen LogP contribution is 2.34. The number of benzene rings is 1. The number of aldehydes is 1. The molecule has 0 saturated carbocycles. The lowest BCUT2D eigenvalue weighted by molar-refractivity contribution is 0.0515. The zero-order chi connectivity index (χ0) is 15.9. The van der Waals surface area contributed by atoms with E-state index in [0.29, 0.717) is 16.3 Å². The van der Waals surface area contributed by atoms with Gasteiger partial charge in [0, 0.05) is 24.2 Å². The number of rotatable bonds is 8. The summed E-state index contributed by atoms with van der Waals surface area (Å²) in [6.07, 6.45) is 4.41. The van der Waals surface area contributed by atoms with Crippen LogP contribution in [0.2, 0.25) is 5.02 Å². The van der Waals surface area contributed by atoms with Crippen molar-refractivity contribution >= 4 is 17.9 Å². The number of ether oxygens (including phenoxy) is 2.